The summed E-state index contributed by atoms with van der Waals surface area (Å²) < 4.78 is 4.91. The molecule has 26 heavy (non-hydrogen) atoms. The SMILES string of the molecule is COCCNC(=O)CCN(CCc1ccccc1)C(=O)c1cnccn1. The van der Waals surface area contributed by atoms with Gasteiger partial charge in [0.15, 0.2) is 0 Å². The zero-order valence-electron chi connectivity index (χ0n) is 14.9. The maximum Gasteiger partial charge on any atom is 0.274 e. The van der Waals surface area contributed by atoms with E-state index in [-0.39, 0.29) is 23.9 Å². The zero-order chi connectivity index (χ0) is 18.6. The number of ether oxygens (including phenoxy) is 1. The van der Waals surface area contributed by atoms with Gasteiger partial charge < -0.3 is 15.0 Å². The van der Waals surface area contributed by atoms with Crippen LogP contribution in [0.5, 0.6) is 0 Å². The maximum atomic E-state index is 12.7. The number of benzene rings is 1. The van der Waals surface area contributed by atoms with Crippen LogP contribution >= 0.6 is 0 Å². The van der Waals surface area contributed by atoms with Crippen molar-refractivity contribution in [3.8, 4) is 0 Å². The van der Waals surface area contributed by atoms with Crippen LogP contribution in [0, 0.1) is 0 Å². The van der Waals surface area contributed by atoms with E-state index in [4.69, 9.17) is 4.74 Å². The second kappa shape index (κ2) is 10.9. The summed E-state index contributed by atoms with van der Waals surface area (Å²) in [6.45, 7) is 1.74. The molecule has 0 bridgehead atoms. The van der Waals surface area contributed by atoms with E-state index in [2.05, 4.69) is 15.3 Å². The Morgan fingerprint density at radius 1 is 1.15 bits per heavy atom. The summed E-state index contributed by atoms with van der Waals surface area (Å²) in [6.07, 6.45) is 5.38. The molecule has 0 atom stereocenters. The molecular formula is C19H24N4O3. The molecule has 0 saturated heterocycles. The van der Waals surface area contributed by atoms with Crippen molar-refractivity contribution in [2.75, 3.05) is 33.4 Å². The Morgan fingerprint density at radius 3 is 2.65 bits per heavy atom. The summed E-state index contributed by atoms with van der Waals surface area (Å²) in [6, 6.07) is 9.92. The Balaban J connectivity index is 1.96. The lowest BCUT2D eigenvalue weighted by atomic mass is 10.1. The van der Waals surface area contributed by atoms with Crippen LogP contribution < -0.4 is 5.32 Å². The lowest BCUT2D eigenvalue weighted by Gasteiger charge is -2.22. The summed E-state index contributed by atoms with van der Waals surface area (Å²) in [4.78, 5) is 34.3. The number of carbonyl (C=O) groups excluding carboxylic acids is 2. The first-order valence-electron chi connectivity index (χ1n) is 8.55. The van der Waals surface area contributed by atoms with E-state index in [0.717, 1.165) is 5.56 Å². The molecule has 1 N–H and O–H groups in total. The topological polar surface area (TPSA) is 84.4 Å². The highest BCUT2D eigenvalue weighted by atomic mass is 16.5. The van der Waals surface area contributed by atoms with Crippen LogP contribution in [0.2, 0.25) is 0 Å². The standard InChI is InChI=1S/C19H24N4O3/c1-26-14-11-22-18(24)8-13-23(12-7-16-5-3-2-4-6-16)19(25)17-15-20-9-10-21-17/h2-6,9-10,15H,7-8,11-14H2,1H3,(H,22,24). The summed E-state index contributed by atoms with van der Waals surface area (Å²) >= 11 is 0. The van der Waals surface area contributed by atoms with Crippen LogP contribution in [0.15, 0.2) is 48.9 Å². The third-order valence-electron chi connectivity index (χ3n) is 3.82. The molecule has 0 aliphatic heterocycles. The lowest BCUT2D eigenvalue weighted by Crippen LogP contribution is -2.37. The Kier molecular flexibility index (Phi) is 8.21. The molecule has 7 nitrogen and oxygen atoms in total. The quantitative estimate of drug-likeness (QED) is 0.649. The average molecular weight is 356 g/mol. The van der Waals surface area contributed by atoms with Gasteiger partial charge >= 0.3 is 0 Å². The molecule has 1 aromatic heterocycles. The van der Waals surface area contributed by atoms with Crippen LogP contribution in [0.25, 0.3) is 0 Å². The zero-order valence-corrected chi connectivity index (χ0v) is 14.9. The molecule has 7 heteroatoms. The van der Waals surface area contributed by atoms with Crippen molar-refractivity contribution < 1.29 is 14.3 Å². The summed E-state index contributed by atoms with van der Waals surface area (Å²) in [5.74, 6) is -0.336. The number of rotatable bonds is 10. The third-order valence-corrected chi connectivity index (χ3v) is 3.82. The normalized spacial score (nSPS) is 10.3. The molecule has 2 amide bonds. The highest BCUT2D eigenvalue weighted by Gasteiger charge is 2.18. The Bertz CT molecular complexity index is 680. The van der Waals surface area contributed by atoms with E-state index in [1.165, 1.54) is 18.6 Å². The Labute approximate surface area is 153 Å². The molecule has 1 aromatic carbocycles. The van der Waals surface area contributed by atoms with Crippen LogP contribution in [-0.2, 0) is 16.0 Å². The first-order valence-corrected chi connectivity index (χ1v) is 8.55. The van der Waals surface area contributed by atoms with Gasteiger partial charge in [0.2, 0.25) is 5.91 Å². The van der Waals surface area contributed by atoms with Crippen molar-refractivity contribution in [1.82, 2.24) is 20.2 Å². The van der Waals surface area contributed by atoms with Crippen molar-refractivity contribution in [2.45, 2.75) is 12.8 Å². The fourth-order valence-corrected chi connectivity index (χ4v) is 2.41. The van der Waals surface area contributed by atoms with Gasteiger partial charge in [-0.05, 0) is 12.0 Å². The first kappa shape index (κ1) is 19.5. The van der Waals surface area contributed by atoms with Gasteiger partial charge in [-0.3, -0.25) is 14.6 Å². The number of amides is 2. The van der Waals surface area contributed by atoms with E-state index >= 15 is 0 Å². The minimum Gasteiger partial charge on any atom is -0.383 e. The smallest absolute Gasteiger partial charge is 0.274 e. The van der Waals surface area contributed by atoms with Gasteiger partial charge in [0.05, 0.1) is 12.8 Å². The molecule has 0 aliphatic rings. The molecule has 138 valence electrons. The van der Waals surface area contributed by atoms with Crippen LogP contribution in [0.1, 0.15) is 22.5 Å². The van der Waals surface area contributed by atoms with Gasteiger partial charge in [0, 0.05) is 45.6 Å². The van der Waals surface area contributed by atoms with E-state index in [1.807, 2.05) is 30.3 Å². The number of aromatic nitrogens is 2. The molecule has 0 radical (unpaired) electrons. The first-order chi connectivity index (χ1) is 12.7. The number of nitrogens with one attached hydrogen (secondary N) is 1. The predicted molar refractivity (Wildman–Crippen MR) is 97.6 cm³/mol. The van der Waals surface area contributed by atoms with E-state index < -0.39 is 0 Å². The average Bonchev–Trinajstić information content (AvgIpc) is 2.69. The predicted octanol–water partition coefficient (Wildman–Crippen LogP) is 1.31. The van der Waals surface area contributed by atoms with E-state index in [9.17, 15) is 9.59 Å². The van der Waals surface area contributed by atoms with Crippen molar-refractivity contribution in [2.24, 2.45) is 0 Å². The molecule has 2 aromatic rings. The van der Waals surface area contributed by atoms with E-state index in [0.29, 0.717) is 32.7 Å². The number of methoxy groups -OCH3 is 1. The molecule has 0 unspecified atom stereocenters. The number of hydrogen-bond donors (Lipinski definition) is 1. The monoisotopic (exact) mass is 356 g/mol. The minimum absolute atomic E-state index is 0.112. The third kappa shape index (κ3) is 6.60. The van der Waals surface area contributed by atoms with Crippen molar-refractivity contribution in [3.05, 3.63) is 60.2 Å². The summed E-state index contributed by atoms with van der Waals surface area (Å²) in [7, 11) is 1.58. The molecular weight excluding hydrogens is 332 g/mol. The molecule has 0 saturated carbocycles. The summed E-state index contributed by atoms with van der Waals surface area (Å²) in [5.41, 5.74) is 1.41. The number of nitrogens with zero attached hydrogens (tertiary/aromatic N) is 3. The van der Waals surface area contributed by atoms with Crippen LogP contribution in [-0.4, -0.2) is 60.0 Å². The number of hydrogen-bond acceptors (Lipinski definition) is 5. The van der Waals surface area contributed by atoms with Gasteiger partial charge in [-0.15, -0.1) is 0 Å². The van der Waals surface area contributed by atoms with E-state index in [1.54, 1.807) is 12.0 Å². The molecule has 0 spiro atoms. The highest BCUT2D eigenvalue weighted by molar-refractivity contribution is 5.92. The maximum absolute atomic E-state index is 12.7. The van der Waals surface area contributed by atoms with Gasteiger partial charge in [-0.2, -0.15) is 0 Å². The van der Waals surface area contributed by atoms with Crippen molar-refractivity contribution >= 4 is 11.8 Å². The van der Waals surface area contributed by atoms with Crippen LogP contribution in [0.4, 0.5) is 0 Å². The molecule has 2 rings (SSSR count). The lowest BCUT2D eigenvalue weighted by molar-refractivity contribution is -0.121. The number of carbonyl (C=O) groups is 2. The molecule has 0 fully saturated rings. The Morgan fingerprint density at radius 2 is 1.96 bits per heavy atom. The second-order valence-corrected chi connectivity index (χ2v) is 5.71. The molecule has 0 aliphatic carbocycles. The molecule has 1 heterocycles. The van der Waals surface area contributed by atoms with Gasteiger partial charge in [-0.1, -0.05) is 30.3 Å². The van der Waals surface area contributed by atoms with Crippen LogP contribution in [0.3, 0.4) is 0 Å². The fourth-order valence-electron chi connectivity index (χ4n) is 2.41. The minimum atomic E-state index is -0.223. The second-order valence-electron chi connectivity index (χ2n) is 5.71. The van der Waals surface area contributed by atoms with Gasteiger partial charge in [0.25, 0.3) is 5.91 Å². The largest absolute Gasteiger partial charge is 0.383 e. The van der Waals surface area contributed by atoms with Crippen molar-refractivity contribution in [1.29, 1.82) is 0 Å². The summed E-state index contributed by atoms with van der Waals surface area (Å²) in [5, 5.41) is 2.76. The van der Waals surface area contributed by atoms with Gasteiger partial charge in [0.1, 0.15) is 5.69 Å². The fraction of sp³-hybridized carbons (Fsp3) is 0.368. The highest BCUT2D eigenvalue weighted by Crippen LogP contribution is 2.06. The Hall–Kier alpha value is -2.80. The van der Waals surface area contributed by atoms with Gasteiger partial charge in [-0.25, -0.2) is 4.98 Å². The van der Waals surface area contributed by atoms with Crippen molar-refractivity contribution in [3.63, 3.8) is 0 Å².